The van der Waals surface area contributed by atoms with Crippen LogP contribution in [0.3, 0.4) is 0 Å². The minimum absolute atomic E-state index is 0.0469. The monoisotopic (exact) mass is 347 g/mol. The third-order valence-electron chi connectivity index (χ3n) is 5.82. The quantitative estimate of drug-likeness (QED) is 0.922. The van der Waals surface area contributed by atoms with Gasteiger partial charge in [-0.3, -0.25) is 4.79 Å². The molecule has 4 heteroatoms. The summed E-state index contributed by atoms with van der Waals surface area (Å²) in [7, 11) is 0. The fourth-order valence-corrected chi connectivity index (χ4v) is 4.38. The second-order valence-corrected chi connectivity index (χ2v) is 7.52. The highest BCUT2D eigenvalue weighted by atomic mass is 16.2. The molecule has 2 aromatic carbocycles. The predicted octanol–water partition coefficient (Wildman–Crippen LogP) is 3.39. The van der Waals surface area contributed by atoms with E-state index in [2.05, 4.69) is 34.5 Å². The van der Waals surface area contributed by atoms with E-state index in [1.807, 2.05) is 18.2 Å². The molecule has 134 valence electrons. The van der Waals surface area contributed by atoms with Crippen LogP contribution in [0, 0.1) is 11.3 Å². The van der Waals surface area contributed by atoms with Gasteiger partial charge in [-0.15, -0.1) is 0 Å². The summed E-state index contributed by atoms with van der Waals surface area (Å²) in [5.74, 6) is 0.313. The maximum absolute atomic E-state index is 12.7. The van der Waals surface area contributed by atoms with Crippen LogP contribution >= 0.6 is 0 Å². The van der Waals surface area contributed by atoms with Crippen LogP contribution < -0.4 is 5.32 Å². The van der Waals surface area contributed by atoms with Crippen molar-refractivity contribution in [3.05, 3.63) is 47.5 Å². The lowest BCUT2D eigenvalue weighted by Gasteiger charge is -2.27. The highest BCUT2D eigenvalue weighted by Gasteiger charge is 2.33. The number of benzene rings is 2. The summed E-state index contributed by atoms with van der Waals surface area (Å²) in [6.07, 6.45) is 6.36. The van der Waals surface area contributed by atoms with Crippen molar-refractivity contribution in [1.82, 2.24) is 10.2 Å². The van der Waals surface area contributed by atoms with Crippen LogP contribution in [0.15, 0.2) is 36.4 Å². The van der Waals surface area contributed by atoms with Crippen LogP contribution in [0.4, 0.5) is 0 Å². The average molecular weight is 347 g/mol. The van der Waals surface area contributed by atoms with E-state index in [0.29, 0.717) is 17.5 Å². The molecule has 2 saturated heterocycles. The highest BCUT2D eigenvalue weighted by Crippen LogP contribution is 2.25. The van der Waals surface area contributed by atoms with E-state index in [4.69, 9.17) is 5.26 Å². The zero-order valence-corrected chi connectivity index (χ0v) is 15.1. The largest absolute Gasteiger partial charge is 0.338 e. The molecule has 0 radical (unpaired) electrons. The third-order valence-corrected chi connectivity index (χ3v) is 5.82. The van der Waals surface area contributed by atoms with Gasteiger partial charge < -0.3 is 10.2 Å². The highest BCUT2D eigenvalue weighted by molar-refractivity contribution is 5.84. The molecule has 0 saturated carbocycles. The molecule has 2 atom stereocenters. The number of amides is 1. The van der Waals surface area contributed by atoms with Gasteiger partial charge in [0.15, 0.2) is 0 Å². The number of carbonyl (C=O) groups is 1. The normalized spacial score (nSPS) is 22.7. The number of likely N-dealkylation sites (tertiary alicyclic amines) is 1. The van der Waals surface area contributed by atoms with E-state index < -0.39 is 0 Å². The van der Waals surface area contributed by atoms with Crippen LogP contribution in [0.5, 0.6) is 0 Å². The summed E-state index contributed by atoms with van der Waals surface area (Å²) in [6.45, 7) is 1.88. The van der Waals surface area contributed by atoms with Crippen molar-refractivity contribution in [2.24, 2.45) is 0 Å². The fourth-order valence-electron chi connectivity index (χ4n) is 4.38. The Labute approximate surface area is 154 Å². The maximum Gasteiger partial charge on any atom is 0.239 e. The topological polar surface area (TPSA) is 56.1 Å². The molecule has 2 aliphatic rings. The molecule has 2 unspecified atom stereocenters. The molecule has 1 amide bonds. The molecule has 2 aliphatic heterocycles. The SMILES string of the molecule is N#Cc1ccc2cc(CCC3CCCN3C(=O)C3CCCN3)ccc2c1. The van der Waals surface area contributed by atoms with Crippen molar-refractivity contribution in [3.8, 4) is 6.07 Å². The number of hydrogen-bond donors (Lipinski definition) is 1. The van der Waals surface area contributed by atoms with Gasteiger partial charge in [-0.1, -0.05) is 24.3 Å². The Bertz CT molecular complexity index is 848. The number of carbonyl (C=O) groups excluding carboxylic acids is 1. The van der Waals surface area contributed by atoms with Crippen molar-refractivity contribution in [3.63, 3.8) is 0 Å². The van der Waals surface area contributed by atoms with E-state index >= 15 is 0 Å². The summed E-state index contributed by atoms with van der Waals surface area (Å²) >= 11 is 0. The summed E-state index contributed by atoms with van der Waals surface area (Å²) in [6, 6.07) is 14.9. The smallest absolute Gasteiger partial charge is 0.239 e. The van der Waals surface area contributed by atoms with Gasteiger partial charge in [-0.25, -0.2) is 0 Å². The summed E-state index contributed by atoms with van der Waals surface area (Å²) in [5.41, 5.74) is 2.01. The molecule has 0 bridgehead atoms. The van der Waals surface area contributed by atoms with Crippen molar-refractivity contribution in [2.75, 3.05) is 13.1 Å². The van der Waals surface area contributed by atoms with Crippen molar-refractivity contribution < 1.29 is 4.79 Å². The standard InChI is InChI=1S/C22H25N3O/c23-15-17-6-9-18-13-16(5-8-19(18)14-17)7-10-20-3-2-12-25(20)22(26)21-4-1-11-24-21/h5-6,8-9,13-14,20-21,24H,1-4,7,10-12H2. The van der Waals surface area contributed by atoms with E-state index in [9.17, 15) is 4.79 Å². The van der Waals surface area contributed by atoms with Crippen molar-refractivity contribution >= 4 is 16.7 Å². The van der Waals surface area contributed by atoms with Crippen molar-refractivity contribution in [2.45, 2.75) is 50.6 Å². The summed E-state index contributed by atoms with van der Waals surface area (Å²) < 4.78 is 0. The van der Waals surface area contributed by atoms with Crippen molar-refractivity contribution in [1.29, 1.82) is 5.26 Å². The zero-order valence-electron chi connectivity index (χ0n) is 15.1. The minimum atomic E-state index is 0.0469. The summed E-state index contributed by atoms with van der Waals surface area (Å²) in [5, 5.41) is 14.6. The van der Waals surface area contributed by atoms with Crippen LogP contribution in [0.1, 0.15) is 43.2 Å². The average Bonchev–Trinajstić information content (AvgIpc) is 3.37. The lowest BCUT2D eigenvalue weighted by molar-refractivity contribution is -0.134. The Morgan fingerprint density at radius 1 is 1.15 bits per heavy atom. The Balaban J connectivity index is 1.42. The number of nitrogens with one attached hydrogen (secondary N) is 1. The van der Waals surface area contributed by atoms with E-state index in [0.717, 1.165) is 57.0 Å². The van der Waals surface area contributed by atoms with E-state index in [1.54, 1.807) is 0 Å². The van der Waals surface area contributed by atoms with Gasteiger partial charge in [0.1, 0.15) is 0 Å². The van der Waals surface area contributed by atoms with Gasteiger partial charge in [0.05, 0.1) is 17.7 Å². The van der Waals surface area contributed by atoms with Gasteiger partial charge in [-0.05, 0) is 73.5 Å². The predicted molar refractivity (Wildman–Crippen MR) is 103 cm³/mol. The van der Waals surface area contributed by atoms with Gasteiger partial charge in [0.25, 0.3) is 0 Å². The molecule has 1 N–H and O–H groups in total. The number of nitrogens with zero attached hydrogens (tertiary/aromatic N) is 2. The molecule has 4 rings (SSSR count). The molecule has 2 heterocycles. The van der Waals surface area contributed by atoms with Gasteiger partial charge in [0.2, 0.25) is 5.91 Å². The molecular weight excluding hydrogens is 322 g/mol. The van der Waals surface area contributed by atoms with Crippen LogP contribution in [-0.4, -0.2) is 36.0 Å². The number of hydrogen-bond acceptors (Lipinski definition) is 3. The number of rotatable bonds is 4. The lowest BCUT2D eigenvalue weighted by Crippen LogP contribution is -2.45. The Morgan fingerprint density at radius 2 is 2.00 bits per heavy atom. The number of aryl methyl sites for hydroxylation is 1. The van der Waals surface area contributed by atoms with Gasteiger partial charge in [0, 0.05) is 12.6 Å². The molecule has 0 aromatic heterocycles. The first-order valence-corrected chi connectivity index (χ1v) is 9.71. The molecule has 0 aliphatic carbocycles. The van der Waals surface area contributed by atoms with Crippen LogP contribution in [0.2, 0.25) is 0 Å². The first-order valence-electron chi connectivity index (χ1n) is 9.71. The first kappa shape index (κ1) is 17.1. The maximum atomic E-state index is 12.7. The first-order chi connectivity index (χ1) is 12.7. The van der Waals surface area contributed by atoms with Gasteiger partial charge >= 0.3 is 0 Å². The fraction of sp³-hybridized carbons (Fsp3) is 0.455. The molecule has 2 aromatic rings. The Morgan fingerprint density at radius 3 is 2.81 bits per heavy atom. The van der Waals surface area contributed by atoms with E-state index in [1.165, 1.54) is 10.9 Å². The van der Waals surface area contributed by atoms with Crippen LogP contribution in [-0.2, 0) is 11.2 Å². The molecular formula is C22H25N3O. The summed E-state index contributed by atoms with van der Waals surface area (Å²) in [4.78, 5) is 14.9. The number of nitriles is 1. The Hall–Kier alpha value is -2.38. The minimum Gasteiger partial charge on any atom is -0.338 e. The number of fused-ring (bicyclic) bond motifs is 1. The molecule has 0 spiro atoms. The molecule has 2 fully saturated rings. The molecule has 26 heavy (non-hydrogen) atoms. The Kier molecular flexibility index (Phi) is 4.90. The van der Waals surface area contributed by atoms with E-state index in [-0.39, 0.29) is 6.04 Å². The van der Waals surface area contributed by atoms with Gasteiger partial charge in [-0.2, -0.15) is 5.26 Å². The second-order valence-electron chi connectivity index (χ2n) is 7.52. The lowest BCUT2D eigenvalue weighted by atomic mass is 9.99. The zero-order chi connectivity index (χ0) is 17.9. The third kappa shape index (κ3) is 3.45. The second kappa shape index (κ2) is 7.47. The van der Waals surface area contributed by atoms with Crippen LogP contribution in [0.25, 0.3) is 10.8 Å². The molecule has 4 nitrogen and oxygen atoms in total.